The molecular weight excluding hydrogens is 300 g/mol. The Kier molecular flexibility index (Phi) is 3.91. The molecule has 5 rings (SSSR count). The highest BCUT2D eigenvalue weighted by Crippen LogP contribution is 2.46. The molecule has 0 aromatic heterocycles. The summed E-state index contributed by atoms with van der Waals surface area (Å²) in [6.45, 7) is 8.77. The molecule has 3 aliphatic rings. The summed E-state index contributed by atoms with van der Waals surface area (Å²) in [5.74, 6) is -0.429. The van der Waals surface area contributed by atoms with Gasteiger partial charge < -0.3 is 14.2 Å². The highest BCUT2D eigenvalue weighted by Gasteiger charge is 2.52. The molecule has 3 nitrogen and oxygen atoms in total. The monoisotopic (exact) mass is 326 g/mol. The van der Waals surface area contributed by atoms with Gasteiger partial charge in [-0.1, -0.05) is 51.1 Å². The Morgan fingerprint density at radius 2 is 1.54 bits per heavy atom. The fraction of sp³-hybridized carbons (Fsp3) is 0.524. The molecule has 3 aliphatic heterocycles. The molecule has 2 bridgehead atoms. The van der Waals surface area contributed by atoms with E-state index in [9.17, 15) is 0 Å². The number of fused-ring (bicyclic) bond motifs is 4. The third-order valence-corrected chi connectivity index (χ3v) is 5.85. The molecule has 2 aromatic rings. The average molecular weight is 326 g/mol. The lowest BCUT2D eigenvalue weighted by molar-refractivity contribution is -0.480. The van der Waals surface area contributed by atoms with Crippen molar-refractivity contribution in [3.05, 3.63) is 47.5 Å². The summed E-state index contributed by atoms with van der Waals surface area (Å²) in [7, 11) is 0. The summed E-state index contributed by atoms with van der Waals surface area (Å²) < 4.78 is 18.1. The second-order valence-corrected chi connectivity index (χ2v) is 7.41. The van der Waals surface area contributed by atoms with Crippen LogP contribution < -0.4 is 0 Å². The van der Waals surface area contributed by atoms with E-state index in [2.05, 4.69) is 57.2 Å². The van der Waals surface area contributed by atoms with E-state index in [0.29, 0.717) is 25.7 Å². The minimum Gasteiger partial charge on any atom is -0.323 e. The van der Waals surface area contributed by atoms with Crippen molar-refractivity contribution in [3.63, 3.8) is 0 Å². The van der Waals surface area contributed by atoms with Crippen molar-refractivity contribution < 1.29 is 14.2 Å². The van der Waals surface area contributed by atoms with Crippen molar-refractivity contribution in [2.24, 2.45) is 5.41 Å². The molecule has 3 heterocycles. The van der Waals surface area contributed by atoms with Crippen LogP contribution in [0.25, 0.3) is 10.8 Å². The molecule has 0 saturated carbocycles. The zero-order chi connectivity index (χ0) is 16.8. The topological polar surface area (TPSA) is 27.7 Å². The number of hydrogen-bond acceptors (Lipinski definition) is 3. The molecule has 3 fully saturated rings. The van der Waals surface area contributed by atoms with Gasteiger partial charge in [-0.2, -0.15) is 0 Å². The van der Waals surface area contributed by atoms with Gasteiger partial charge in [0.05, 0.1) is 19.8 Å². The van der Waals surface area contributed by atoms with E-state index < -0.39 is 5.97 Å². The number of rotatable bonds is 4. The van der Waals surface area contributed by atoms with E-state index in [0.717, 1.165) is 18.4 Å². The highest BCUT2D eigenvalue weighted by atomic mass is 16.9. The van der Waals surface area contributed by atoms with E-state index in [4.69, 9.17) is 14.2 Å². The first-order valence-electron chi connectivity index (χ1n) is 9.06. The lowest BCUT2D eigenvalue weighted by atomic mass is 9.85. The molecule has 3 saturated heterocycles. The summed E-state index contributed by atoms with van der Waals surface area (Å²) >= 11 is 0. The van der Waals surface area contributed by atoms with E-state index in [1.54, 1.807) is 0 Å². The van der Waals surface area contributed by atoms with Crippen LogP contribution in [0.5, 0.6) is 0 Å². The van der Waals surface area contributed by atoms with Gasteiger partial charge in [0.1, 0.15) is 0 Å². The van der Waals surface area contributed by atoms with Crippen molar-refractivity contribution in [1.82, 2.24) is 0 Å². The van der Waals surface area contributed by atoms with Crippen LogP contribution in [0.1, 0.15) is 50.7 Å². The van der Waals surface area contributed by atoms with Gasteiger partial charge in [0.15, 0.2) is 0 Å². The van der Waals surface area contributed by atoms with Gasteiger partial charge >= 0.3 is 5.97 Å². The molecule has 0 aliphatic carbocycles. The maximum atomic E-state index is 6.03. The van der Waals surface area contributed by atoms with E-state index in [1.807, 2.05) is 0 Å². The van der Waals surface area contributed by atoms with Crippen molar-refractivity contribution >= 4 is 10.8 Å². The first-order chi connectivity index (χ1) is 11.6. The predicted molar refractivity (Wildman–Crippen MR) is 94.9 cm³/mol. The first-order valence-corrected chi connectivity index (χ1v) is 9.06. The van der Waals surface area contributed by atoms with Crippen molar-refractivity contribution in [1.29, 1.82) is 0 Å². The Labute approximate surface area is 143 Å². The summed E-state index contributed by atoms with van der Waals surface area (Å²) in [5.41, 5.74) is 2.38. The lowest BCUT2D eigenvalue weighted by Crippen LogP contribution is -2.58. The maximum absolute atomic E-state index is 6.03. The van der Waals surface area contributed by atoms with Crippen LogP contribution in [0, 0.1) is 5.41 Å². The maximum Gasteiger partial charge on any atom is 0.312 e. The molecule has 0 radical (unpaired) electrons. The Balaban J connectivity index is 1.66. The van der Waals surface area contributed by atoms with Gasteiger partial charge in [-0.25, -0.2) is 0 Å². The van der Waals surface area contributed by atoms with Crippen molar-refractivity contribution in [2.75, 3.05) is 19.8 Å². The molecule has 2 aromatic carbocycles. The summed E-state index contributed by atoms with van der Waals surface area (Å²) in [4.78, 5) is 0. The summed E-state index contributed by atoms with van der Waals surface area (Å²) in [6.07, 6.45) is 2.17. The Morgan fingerprint density at radius 3 is 2.17 bits per heavy atom. The number of ether oxygens (including phenoxy) is 3. The van der Waals surface area contributed by atoms with Crippen LogP contribution in [0.2, 0.25) is 0 Å². The van der Waals surface area contributed by atoms with Gasteiger partial charge in [-0.15, -0.1) is 0 Å². The second kappa shape index (κ2) is 5.83. The smallest absolute Gasteiger partial charge is 0.312 e. The Hall–Kier alpha value is -1.42. The zero-order valence-electron chi connectivity index (χ0n) is 14.8. The first kappa shape index (κ1) is 16.1. The summed E-state index contributed by atoms with van der Waals surface area (Å²) in [5, 5.41) is 2.45. The van der Waals surface area contributed by atoms with Crippen LogP contribution in [0.15, 0.2) is 36.4 Å². The van der Waals surface area contributed by atoms with Crippen LogP contribution in [0.3, 0.4) is 0 Å². The number of hydrogen-bond donors (Lipinski definition) is 0. The largest absolute Gasteiger partial charge is 0.323 e. The standard InChI is InChI=1S/C21H26O3/c1-4-15(3)16-6-7-18-11-19(9-8-17(18)10-16)21-22-12-20(5-2,13-23-21)14-24-21/h6-11,15H,4-5,12-14H2,1-3H3. The van der Waals surface area contributed by atoms with Gasteiger partial charge in [-0.3, -0.25) is 0 Å². The van der Waals surface area contributed by atoms with Gasteiger partial charge in [0.25, 0.3) is 0 Å². The van der Waals surface area contributed by atoms with E-state index in [1.165, 1.54) is 16.3 Å². The SMILES string of the molecule is CCC(C)c1ccc2cc(C34OCC(CC)(CO3)CO4)ccc2c1. The molecule has 3 heteroatoms. The van der Waals surface area contributed by atoms with Crippen LogP contribution in [-0.4, -0.2) is 19.8 Å². The molecule has 24 heavy (non-hydrogen) atoms. The molecule has 0 amide bonds. The van der Waals surface area contributed by atoms with Crippen molar-refractivity contribution in [3.8, 4) is 0 Å². The van der Waals surface area contributed by atoms with Crippen LogP contribution in [-0.2, 0) is 20.2 Å². The van der Waals surface area contributed by atoms with Crippen LogP contribution >= 0.6 is 0 Å². The van der Waals surface area contributed by atoms with Crippen LogP contribution in [0.4, 0.5) is 0 Å². The molecule has 1 atom stereocenters. The molecule has 0 N–H and O–H groups in total. The predicted octanol–water partition coefficient (Wildman–Crippen LogP) is 4.94. The van der Waals surface area contributed by atoms with E-state index in [-0.39, 0.29) is 5.41 Å². The number of benzene rings is 2. The third-order valence-electron chi connectivity index (χ3n) is 5.85. The van der Waals surface area contributed by atoms with Crippen molar-refractivity contribution in [2.45, 2.75) is 45.5 Å². The zero-order valence-corrected chi connectivity index (χ0v) is 14.8. The molecular formula is C21H26O3. The van der Waals surface area contributed by atoms with Gasteiger partial charge in [0, 0.05) is 11.0 Å². The lowest BCUT2D eigenvalue weighted by Gasteiger charge is -2.51. The minimum atomic E-state index is -1.01. The Morgan fingerprint density at radius 1 is 0.917 bits per heavy atom. The average Bonchev–Trinajstić information content (AvgIpc) is 2.68. The third kappa shape index (κ3) is 2.46. The minimum absolute atomic E-state index is 0.0315. The molecule has 1 unspecified atom stereocenters. The highest BCUT2D eigenvalue weighted by molar-refractivity contribution is 5.84. The summed E-state index contributed by atoms with van der Waals surface area (Å²) in [6, 6.07) is 13.1. The molecule has 128 valence electrons. The fourth-order valence-corrected chi connectivity index (χ4v) is 3.55. The Bertz CT molecular complexity index is 727. The normalized spacial score (nSPS) is 30.6. The quantitative estimate of drug-likeness (QED) is 0.797. The second-order valence-electron chi connectivity index (χ2n) is 7.41. The molecule has 0 spiro atoms. The van der Waals surface area contributed by atoms with Gasteiger partial charge in [-0.05, 0) is 41.2 Å². The van der Waals surface area contributed by atoms with E-state index >= 15 is 0 Å². The van der Waals surface area contributed by atoms with Gasteiger partial charge in [0.2, 0.25) is 0 Å². The fourth-order valence-electron chi connectivity index (χ4n) is 3.55.